The topological polar surface area (TPSA) is 77.4 Å². The van der Waals surface area contributed by atoms with E-state index in [1.165, 1.54) is 14.2 Å². The minimum absolute atomic E-state index is 0.0336. The second-order valence-corrected chi connectivity index (χ2v) is 3.55. The van der Waals surface area contributed by atoms with Crippen LogP contribution in [-0.4, -0.2) is 37.8 Å². The molecule has 1 aromatic rings. The zero-order valence-electron chi connectivity index (χ0n) is 11.0. The molecule has 0 saturated heterocycles. The first kappa shape index (κ1) is 15.7. The van der Waals surface area contributed by atoms with Crippen molar-refractivity contribution in [2.75, 3.05) is 27.6 Å². The van der Waals surface area contributed by atoms with E-state index in [1.54, 1.807) is 18.2 Å². The number of aliphatic hydroxyl groups excluding tert-OH is 2. The predicted molar refractivity (Wildman–Crippen MR) is 66.9 cm³/mol. The van der Waals surface area contributed by atoms with Gasteiger partial charge < -0.3 is 29.2 Å². The van der Waals surface area contributed by atoms with Crippen molar-refractivity contribution in [1.82, 2.24) is 0 Å². The summed E-state index contributed by atoms with van der Waals surface area (Å²) in [5.74, 6) is 0.760. The molecule has 1 rings (SSSR count). The second-order valence-electron chi connectivity index (χ2n) is 3.55. The Morgan fingerprint density at radius 2 is 2.00 bits per heavy atom. The van der Waals surface area contributed by atoms with Gasteiger partial charge in [0.15, 0.2) is 6.79 Å². The lowest BCUT2D eigenvalue weighted by atomic mass is 10.0. The van der Waals surface area contributed by atoms with Crippen LogP contribution in [0.1, 0.15) is 12.0 Å². The summed E-state index contributed by atoms with van der Waals surface area (Å²) in [5.41, 5.74) is 0.363. The van der Waals surface area contributed by atoms with Crippen molar-refractivity contribution in [1.29, 1.82) is 0 Å². The van der Waals surface area contributed by atoms with Gasteiger partial charge in [-0.3, -0.25) is 0 Å². The Kier molecular flexibility index (Phi) is 7.20. The monoisotopic (exact) mass is 270 g/mol. The lowest BCUT2D eigenvalue weighted by Gasteiger charge is -2.18. The zero-order valence-corrected chi connectivity index (χ0v) is 11.0. The molecular weight excluding hydrogens is 252 g/mol. The number of benzene rings is 1. The molecule has 2 radical (unpaired) electrons. The SMILES string of the molecule is CO[CH]Oc1cccc(OCOC)c1[C](O)CCO. The average molecular weight is 270 g/mol. The molecule has 106 valence electrons. The van der Waals surface area contributed by atoms with E-state index in [0.717, 1.165) is 6.79 Å². The molecule has 0 amide bonds. The van der Waals surface area contributed by atoms with Crippen LogP contribution in [-0.2, 0) is 9.47 Å². The normalized spacial score (nSPS) is 10.8. The third kappa shape index (κ3) is 4.68. The van der Waals surface area contributed by atoms with Crippen LogP contribution >= 0.6 is 0 Å². The standard InChI is InChI=1S/C13H18O6/c1-16-8-18-11-4-3-5-12(19-9-17-2)13(11)10(15)6-7-14/h3-5,8,14-15H,6-7,9H2,1-2H3. The minimum atomic E-state index is -0.183. The van der Waals surface area contributed by atoms with E-state index in [1.807, 2.05) is 0 Å². The summed E-state index contributed by atoms with van der Waals surface area (Å²) in [6, 6.07) is 5.03. The maximum Gasteiger partial charge on any atom is 0.262 e. The Hall–Kier alpha value is -1.34. The Morgan fingerprint density at radius 3 is 2.63 bits per heavy atom. The van der Waals surface area contributed by atoms with Gasteiger partial charge in [-0.25, -0.2) is 0 Å². The number of hydrogen-bond donors (Lipinski definition) is 2. The number of ether oxygens (including phenoxy) is 4. The Bertz CT molecular complexity index is 342. The van der Waals surface area contributed by atoms with Crippen LogP contribution in [0, 0.1) is 12.9 Å². The van der Waals surface area contributed by atoms with Crippen molar-refractivity contribution in [3.05, 3.63) is 36.7 Å². The van der Waals surface area contributed by atoms with Crippen molar-refractivity contribution in [3.63, 3.8) is 0 Å². The molecule has 2 N–H and O–H groups in total. The molecule has 0 aliphatic heterocycles. The summed E-state index contributed by atoms with van der Waals surface area (Å²) in [7, 11) is 2.94. The highest BCUT2D eigenvalue weighted by atomic mass is 16.7. The fourth-order valence-electron chi connectivity index (χ4n) is 1.47. The van der Waals surface area contributed by atoms with Crippen LogP contribution in [0.25, 0.3) is 0 Å². The maximum absolute atomic E-state index is 9.98. The number of hydrogen-bond acceptors (Lipinski definition) is 6. The molecule has 19 heavy (non-hydrogen) atoms. The smallest absolute Gasteiger partial charge is 0.262 e. The van der Waals surface area contributed by atoms with Crippen molar-refractivity contribution < 1.29 is 29.2 Å². The summed E-state index contributed by atoms with van der Waals surface area (Å²) < 4.78 is 20.1. The van der Waals surface area contributed by atoms with Crippen LogP contribution in [0.4, 0.5) is 0 Å². The molecule has 0 atom stereocenters. The molecule has 0 heterocycles. The molecule has 0 aromatic heterocycles. The third-order valence-corrected chi connectivity index (χ3v) is 2.23. The second kappa shape index (κ2) is 8.71. The van der Waals surface area contributed by atoms with Gasteiger partial charge in [-0.1, -0.05) is 6.07 Å². The van der Waals surface area contributed by atoms with Crippen molar-refractivity contribution in [2.45, 2.75) is 6.42 Å². The van der Waals surface area contributed by atoms with Gasteiger partial charge in [0.1, 0.15) is 17.6 Å². The van der Waals surface area contributed by atoms with E-state index in [9.17, 15) is 5.11 Å². The summed E-state index contributed by atoms with van der Waals surface area (Å²) in [5, 5.41) is 18.9. The van der Waals surface area contributed by atoms with Crippen molar-refractivity contribution in [2.24, 2.45) is 0 Å². The van der Waals surface area contributed by atoms with Gasteiger partial charge in [0, 0.05) is 27.2 Å². The molecular formula is C13H18O6. The number of methoxy groups -OCH3 is 2. The van der Waals surface area contributed by atoms with E-state index < -0.39 is 0 Å². The molecule has 0 aliphatic carbocycles. The predicted octanol–water partition coefficient (Wildman–Crippen LogP) is 1.45. The van der Waals surface area contributed by atoms with Crippen LogP contribution in [0.5, 0.6) is 11.5 Å². The fourth-order valence-corrected chi connectivity index (χ4v) is 1.47. The quantitative estimate of drug-likeness (QED) is 0.661. The maximum atomic E-state index is 9.98. The average Bonchev–Trinajstić information content (AvgIpc) is 2.42. The van der Waals surface area contributed by atoms with Gasteiger partial charge in [0.2, 0.25) is 0 Å². The molecule has 6 nitrogen and oxygen atoms in total. The molecule has 6 heteroatoms. The fraction of sp³-hybridized carbons (Fsp3) is 0.385. The highest BCUT2D eigenvalue weighted by Crippen LogP contribution is 2.35. The van der Waals surface area contributed by atoms with Crippen molar-refractivity contribution >= 4 is 0 Å². The van der Waals surface area contributed by atoms with E-state index in [4.69, 9.17) is 24.1 Å². The van der Waals surface area contributed by atoms with E-state index >= 15 is 0 Å². The van der Waals surface area contributed by atoms with E-state index in [0.29, 0.717) is 17.1 Å². The van der Waals surface area contributed by atoms with Crippen LogP contribution in [0.15, 0.2) is 18.2 Å². The van der Waals surface area contributed by atoms with Crippen LogP contribution in [0.2, 0.25) is 0 Å². The van der Waals surface area contributed by atoms with Gasteiger partial charge in [-0.15, -0.1) is 0 Å². The summed E-state index contributed by atoms with van der Waals surface area (Å²) in [6.45, 7) is 0.986. The van der Waals surface area contributed by atoms with Gasteiger partial charge in [-0.2, -0.15) is 0 Å². The van der Waals surface area contributed by atoms with Gasteiger partial charge in [-0.05, 0) is 12.1 Å². The summed E-state index contributed by atoms with van der Waals surface area (Å²) in [6.07, 6.45) is 0.0603. The minimum Gasteiger partial charge on any atom is -0.467 e. The van der Waals surface area contributed by atoms with E-state index in [2.05, 4.69) is 0 Å². The Balaban J connectivity index is 3.00. The molecule has 1 aromatic carbocycles. The first-order valence-electron chi connectivity index (χ1n) is 5.66. The van der Waals surface area contributed by atoms with Gasteiger partial charge in [0.05, 0.1) is 5.56 Å². The van der Waals surface area contributed by atoms with Gasteiger partial charge >= 0.3 is 0 Å². The molecule has 0 aliphatic rings. The highest BCUT2D eigenvalue weighted by molar-refractivity contribution is 5.51. The molecule has 0 spiro atoms. The molecule has 0 bridgehead atoms. The summed E-state index contributed by atoms with van der Waals surface area (Å²) >= 11 is 0. The van der Waals surface area contributed by atoms with Crippen LogP contribution in [0.3, 0.4) is 0 Å². The molecule has 0 saturated carbocycles. The first-order valence-corrected chi connectivity index (χ1v) is 5.66. The van der Waals surface area contributed by atoms with Crippen LogP contribution < -0.4 is 9.47 Å². The largest absolute Gasteiger partial charge is 0.467 e. The number of rotatable bonds is 9. The Morgan fingerprint density at radius 1 is 1.26 bits per heavy atom. The lowest BCUT2D eigenvalue weighted by molar-refractivity contribution is 0.0494. The Labute approximate surface area is 112 Å². The molecule has 0 fully saturated rings. The third-order valence-electron chi connectivity index (χ3n) is 2.23. The summed E-state index contributed by atoms with van der Waals surface area (Å²) in [4.78, 5) is 0. The highest BCUT2D eigenvalue weighted by Gasteiger charge is 2.20. The lowest BCUT2D eigenvalue weighted by Crippen LogP contribution is -2.09. The van der Waals surface area contributed by atoms with E-state index in [-0.39, 0.29) is 25.9 Å². The molecule has 0 unspecified atom stereocenters. The first-order chi connectivity index (χ1) is 9.24. The zero-order chi connectivity index (χ0) is 14.1. The van der Waals surface area contributed by atoms with Crippen molar-refractivity contribution in [3.8, 4) is 11.5 Å². The number of aliphatic hydroxyl groups is 2. The van der Waals surface area contributed by atoms with Gasteiger partial charge in [0.25, 0.3) is 6.79 Å².